The van der Waals surface area contributed by atoms with Gasteiger partial charge in [-0.15, -0.1) is 10.2 Å². The number of carbonyl (C=O) groups excluding carboxylic acids is 1. The Hall–Kier alpha value is -3.99. The molecule has 1 unspecified atom stereocenters. The molecule has 2 aromatic carbocycles. The smallest absolute Gasteiger partial charge is 0.313 e. The molecule has 0 saturated heterocycles. The predicted octanol–water partition coefficient (Wildman–Crippen LogP) is 2.68. The third kappa shape index (κ3) is 4.59. The number of methoxy groups -OCH3 is 1. The second kappa shape index (κ2) is 9.09. The molecule has 28 heavy (non-hydrogen) atoms. The molecule has 0 bridgehead atoms. The van der Waals surface area contributed by atoms with Crippen LogP contribution in [0.4, 0.5) is 5.69 Å². The van der Waals surface area contributed by atoms with Gasteiger partial charge >= 0.3 is 5.97 Å². The first-order valence-corrected chi connectivity index (χ1v) is 8.53. The monoisotopic (exact) mass is 374 g/mol. The van der Waals surface area contributed by atoms with Crippen molar-refractivity contribution >= 4 is 17.2 Å². The summed E-state index contributed by atoms with van der Waals surface area (Å²) in [6.07, 6.45) is 2.04. The van der Waals surface area contributed by atoms with Crippen molar-refractivity contribution in [1.82, 2.24) is 20.6 Å². The van der Waals surface area contributed by atoms with Crippen molar-refractivity contribution in [3.05, 3.63) is 77.7 Å². The largest absolute Gasteiger partial charge is 0.469 e. The maximum Gasteiger partial charge on any atom is 0.313 e. The lowest BCUT2D eigenvalue weighted by atomic mass is 9.92. The number of aromatic amines is 1. The third-order valence-corrected chi connectivity index (χ3v) is 4.17. The zero-order valence-corrected chi connectivity index (χ0v) is 15.2. The van der Waals surface area contributed by atoms with Crippen LogP contribution in [0.1, 0.15) is 22.9 Å². The van der Waals surface area contributed by atoms with E-state index in [1.807, 2.05) is 60.7 Å². The van der Waals surface area contributed by atoms with Crippen molar-refractivity contribution < 1.29 is 9.53 Å². The summed E-state index contributed by atoms with van der Waals surface area (Å²) in [4.78, 5) is 12.2. The summed E-state index contributed by atoms with van der Waals surface area (Å²) in [6.45, 7) is 0. The van der Waals surface area contributed by atoms with Crippen LogP contribution in [0.15, 0.2) is 60.8 Å². The number of tetrazole rings is 1. The van der Waals surface area contributed by atoms with E-state index in [0.717, 1.165) is 16.8 Å². The number of nitriles is 1. The molecule has 1 heterocycles. The molecule has 3 rings (SSSR count). The van der Waals surface area contributed by atoms with Gasteiger partial charge in [0.1, 0.15) is 11.6 Å². The van der Waals surface area contributed by atoms with E-state index in [1.165, 1.54) is 13.3 Å². The quantitative estimate of drug-likeness (QED) is 0.482. The van der Waals surface area contributed by atoms with Crippen LogP contribution in [0.5, 0.6) is 0 Å². The fourth-order valence-electron chi connectivity index (χ4n) is 2.72. The molecule has 1 aromatic heterocycles. The first kappa shape index (κ1) is 18.8. The number of hydrogen-bond donors (Lipinski definition) is 2. The van der Waals surface area contributed by atoms with E-state index in [-0.39, 0.29) is 23.3 Å². The van der Waals surface area contributed by atoms with Gasteiger partial charge in [-0.2, -0.15) is 10.5 Å². The molecule has 0 aliphatic rings. The first-order chi connectivity index (χ1) is 13.7. The molecule has 0 saturated carbocycles. The number of esters is 1. The topological polar surface area (TPSA) is 117 Å². The highest BCUT2D eigenvalue weighted by Crippen LogP contribution is 2.23. The number of carbonyl (C=O) groups is 1. The van der Waals surface area contributed by atoms with Crippen LogP contribution in [0.25, 0.3) is 5.57 Å². The van der Waals surface area contributed by atoms with E-state index >= 15 is 0 Å². The van der Waals surface area contributed by atoms with Gasteiger partial charge in [-0.25, -0.2) is 0 Å². The molecule has 0 aliphatic heterocycles. The predicted molar refractivity (Wildman–Crippen MR) is 103 cm³/mol. The van der Waals surface area contributed by atoms with Crippen LogP contribution < -0.4 is 5.32 Å². The van der Waals surface area contributed by atoms with Gasteiger partial charge in [-0.1, -0.05) is 42.5 Å². The first-order valence-electron chi connectivity index (χ1n) is 8.53. The number of ether oxygens (including phenoxy) is 1. The van der Waals surface area contributed by atoms with Gasteiger partial charge in [0, 0.05) is 11.9 Å². The maximum atomic E-state index is 12.2. The standard InChI is InChI=1S/C20H18N6O2/c1-28-20(27)18(15-5-3-2-4-6-15)11-14-7-9-17(10-8-14)22-13-16(12-21)19-23-25-26-24-19/h2-10,13,18,22H,11H2,1H3,(H,23,24,25,26). The molecular formula is C20H18N6O2. The summed E-state index contributed by atoms with van der Waals surface area (Å²) in [6, 6.07) is 19.2. The van der Waals surface area contributed by atoms with Gasteiger partial charge in [0.2, 0.25) is 5.82 Å². The molecular weight excluding hydrogens is 356 g/mol. The highest BCUT2D eigenvalue weighted by molar-refractivity contribution is 5.78. The minimum atomic E-state index is -0.367. The Bertz CT molecular complexity index is 976. The zero-order chi connectivity index (χ0) is 19.8. The number of aromatic nitrogens is 4. The van der Waals surface area contributed by atoms with Gasteiger partial charge in [-0.05, 0) is 34.9 Å². The van der Waals surface area contributed by atoms with Gasteiger partial charge in [0.25, 0.3) is 0 Å². The summed E-state index contributed by atoms with van der Waals surface area (Å²) < 4.78 is 4.97. The van der Waals surface area contributed by atoms with Crippen molar-refractivity contribution in [2.45, 2.75) is 12.3 Å². The fraction of sp³-hybridized carbons (Fsp3) is 0.150. The Morgan fingerprint density at radius 3 is 2.61 bits per heavy atom. The molecule has 140 valence electrons. The number of allylic oxidation sites excluding steroid dienone is 1. The molecule has 0 amide bonds. The fourth-order valence-corrected chi connectivity index (χ4v) is 2.72. The van der Waals surface area contributed by atoms with E-state index in [9.17, 15) is 10.1 Å². The van der Waals surface area contributed by atoms with Crippen molar-refractivity contribution in [3.8, 4) is 6.07 Å². The van der Waals surface area contributed by atoms with Crippen molar-refractivity contribution in [2.75, 3.05) is 12.4 Å². The number of benzene rings is 2. The minimum absolute atomic E-state index is 0.218. The van der Waals surface area contributed by atoms with Crippen molar-refractivity contribution in [2.24, 2.45) is 0 Å². The average molecular weight is 374 g/mol. The highest BCUT2D eigenvalue weighted by Gasteiger charge is 2.21. The number of hydrogen-bond acceptors (Lipinski definition) is 7. The summed E-state index contributed by atoms with van der Waals surface area (Å²) in [5.74, 6) is -0.418. The summed E-state index contributed by atoms with van der Waals surface area (Å²) in [5.41, 5.74) is 2.95. The molecule has 3 aromatic rings. The molecule has 0 aliphatic carbocycles. The summed E-state index contributed by atoms with van der Waals surface area (Å²) in [5, 5.41) is 25.5. The lowest BCUT2D eigenvalue weighted by Crippen LogP contribution is -2.16. The van der Waals surface area contributed by atoms with Crippen molar-refractivity contribution in [1.29, 1.82) is 5.26 Å². The Morgan fingerprint density at radius 1 is 1.25 bits per heavy atom. The Kier molecular flexibility index (Phi) is 6.10. The molecule has 0 radical (unpaired) electrons. The van der Waals surface area contributed by atoms with Crippen LogP contribution in [-0.2, 0) is 16.0 Å². The van der Waals surface area contributed by atoms with E-state index in [4.69, 9.17) is 4.74 Å². The van der Waals surface area contributed by atoms with E-state index < -0.39 is 0 Å². The van der Waals surface area contributed by atoms with E-state index in [2.05, 4.69) is 25.9 Å². The minimum Gasteiger partial charge on any atom is -0.469 e. The lowest BCUT2D eigenvalue weighted by Gasteiger charge is -2.15. The Labute approximate surface area is 161 Å². The van der Waals surface area contributed by atoms with Gasteiger partial charge in [0.15, 0.2) is 0 Å². The van der Waals surface area contributed by atoms with Crippen molar-refractivity contribution in [3.63, 3.8) is 0 Å². The zero-order valence-electron chi connectivity index (χ0n) is 15.2. The number of nitrogens with zero attached hydrogens (tertiary/aromatic N) is 4. The number of anilines is 1. The highest BCUT2D eigenvalue weighted by atomic mass is 16.5. The van der Waals surface area contributed by atoms with Gasteiger partial charge in [-0.3, -0.25) is 4.79 Å². The number of nitrogens with one attached hydrogen (secondary N) is 2. The molecule has 0 spiro atoms. The molecule has 8 nitrogen and oxygen atoms in total. The molecule has 1 atom stereocenters. The normalized spacial score (nSPS) is 12.1. The SMILES string of the molecule is COC(=O)C(Cc1ccc(NC=C(C#N)c2nn[nH]n2)cc1)c1ccccc1. The second-order valence-corrected chi connectivity index (χ2v) is 5.94. The van der Waals surface area contributed by atoms with Crippen LogP contribution in [0.2, 0.25) is 0 Å². The summed E-state index contributed by atoms with van der Waals surface area (Å²) >= 11 is 0. The molecule has 0 fully saturated rings. The third-order valence-electron chi connectivity index (χ3n) is 4.17. The Morgan fingerprint density at radius 2 is 2.00 bits per heavy atom. The summed E-state index contributed by atoms with van der Waals surface area (Å²) in [7, 11) is 1.40. The molecule has 8 heteroatoms. The maximum absolute atomic E-state index is 12.2. The van der Waals surface area contributed by atoms with E-state index in [1.54, 1.807) is 0 Å². The van der Waals surface area contributed by atoms with E-state index in [0.29, 0.717) is 6.42 Å². The van der Waals surface area contributed by atoms with Crippen LogP contribution in [0, 0.1) is 11.3 Å². The van der Waals surface area contributed by atoms with Crippen LogP contribution >= 0.6 is 0 Å². The number of rotatable bonds is 7. The Balaban J connectivity index is 1.71. The van der Waals surface area contributed by atoms with Crippen LogP contribution in [0.3, 0.4) is 0 Å². The van der Waals surface area contributed by atoms with Crippen LogP contribution in [-0.4, -0.2) is 33.7 Å². The number of H-pyrrole nitrogens is 1. The lowest BCUT2D eigenvalue weighted by molar-refractivity contribution is -0.142. The van der Waals surface area contributed by atoms with Gasteiger partial charge < -0.3 is 10.1 Å². The second-order valence-electron chi connectivity index (χ2n) is 5.94. The average Bonchev–Trinajstić information content (AvgIpc) is 3.28. The van der Waals surface area contributed by atoms with Gasteiger partial charge in [0.05, 0.1) is 13.0 Å². The molecule has 2 N–H and O–H groups in total.